The third-order valence-electron chi connectivity index (χ3n) is 1.42. The Kier molecular flexibility index (Phi) is 3.74. The minimum absolute atomic E-state index is 0.162. The third-order valence-corrected chi connectivity index (χ3v) is 1.42. The molecule has 1 aliphatic heterocycles. The first-order chi connectivity index (χ1) is 5.13. The summed E-state index contributed by atoms with van der Waals surface area (Å²) < 4.78 is 0. The van der Waals surface area contributed by atoms with Gasteiger partial charge < -0.3 is 5.73 Å². The number of carbonyl (C=O) groups excluding carboxylic acids is 2. The summed E-state index contributed by atoms with van der Waals surface area (Å²) in [7, 11) is 1.44. The number of rotatable bonds is 0. The lowest BCUT2D eigenvalue weighted by Crippen LogP contribution is -2.32. The van der Waals surface area contributed by atoms with Crippen molar-refractivity contribution < 1.29 is 9.59 Å². The molecule has 0 aromatic rings. The molecule has 2 N–H and O–H groups in total. The predicted octanol–water partition coefficient (Wildman–Crippen LogP) is -0.271. The molecule has 0 saturated carbocycles. The number of likely N-dealkylation sites (N-methyl/N-ethyl adjacent to an activating group) is 1. The van der Waals surface area contributed by atoms with E-state index in [1.807, 2.05) is 13.8 Å². The minimum atomic E-state index is -0.595. The second-order valence-electron chi connectivity index (χ2n) is 2.10. The Hall–Kier alpha value is -0.900. The smallest absolute Gasteiger partial charge is 0.246 e. The van der Waals surface area contributed by atoms with Crippen molar-refractivity contribution >= 4 is 11.8 Å². The molecule has 4 nitrogen and oxygen atoms in total. The quantitative estimate of drug-likeness (QED) is 0.493. The van der Waals surface area contributed by atoms with Gasteiger partial charge in [0.05, 0.1) is 12.5 Å². The van der Waals surface area contributed by atoms with Gasteiger partial charge in [0.1, 0.15) is 0 Å². The van der Waals surface area contributed by atoms with Gasteiger partial charge in [-0.15, -0.1) is 0 Å². The summed E-state index contributed by atoms with van der Waals surface area (Å²) in [6.07, 6.45) is 0.162. The van der Waals surface area contributed by atoms with Gasteiger partial charge in [0.2, 0.25) is 11.8 Å². The van der Waals surface area contributed by atoms with E-state index >= 15 is 0 Å². The molecule has 0 aromatic carbocycles. The number of amides is 2. The van der Waals surface area contributed by atoms with E-state index in [-0.39, 0.29) is 18.2 Å². The van der Waals surface area contributed by atoms with Crippen LogP contribution in [0.1, 0.15) is 20.3 Å². The van der Waals surface area contributed by atoms with Crippen LogP contribution in [0.3, 0.4) is 0 Å². The summed E-state index contributed by atoms with van der Waals surface area (Å²) in [4.78, 5) is 22.4. The van der Waals surface area contributed by atoms with Gasteiger partial charge in [-0.3, -0.25) is 14.5 Å². The Morgan fingerprint density at radius 1 is 1.45 bits per heavy atom. The molecular weight excluding hydrogens is 144 g/mol. The maximum atomic E-state index is 10.7. The standard InChI is InChI=1S/C5H8N2O2.C2H6/c1-7-4(8)2-3(6)5(7)9;1-2/h3H,2,6H2,1H3;1-2H3. The average Bonchev–Trinajstić information content (AvgIpc) is 2.22. The van der Waals surface area contributed by atoms with Gasteiger partial charge in [-0.2, -0.15) is 0 Å². The number of hydrogen-bond acceptors (Lipinski definition) is 3. The van der Waals surface area contributed by atoms with Crippen molar-refractivity contribution in [3.8, 4) is 0 Å². The van der Waals surface area contributed by atoms with Crippen molar-refractivity contribution in [1.29, 1.82) is 0 Å². The van der Waals surface area contributed by atoms with Gasteiger partial charge in [0.15, 0.2) is 0 Å². The fraction of sp³-hybridized carbons (Fsp3) is 0.714. The molecule has 1 heterocycles. The van der Waals surface area contributed by atoms with Crippen LogP contribution in [-0.2, 0) is 9.59 Å². The summed E-state index contributed by atoms with van der Waals surface area (Å²) in [6, 6.07) is -0.595. The summed E-state index contributed by atoms with van der Waals surface area (Å²) in [5, 5.41) is 0. The molecule has 0 spiro atoms. The Balaban J connectivity index is 0.000000461. The first kappa shape index (κ1) is 10.1. The van der Waals surface area contributed by atoms with Gasteiger partial charge in [-0.05, 0) is 0 Å². The second-order valence-corrected chi connectivity index (χ2v) is 2.10. The van der Waals surface area contributed by atoms with Gasteiger partial charge >= 0.3 is 0 Å². The average molecular weight is 158 g/mol. The van der Waals surface area contributed by atoms with Crippen LogP contribution in [0, 0.1) is 0 Å². The Morgan fingerprint density at radius 2 is 1.91 bits per heavy atom. The Morgan fingerprint density at radius 3 is 2.00 bits per heavy atom. The summed E-state index contributed by atoms with van der Waals surface area (Å²) in [5.74, 6) is -0.465. The van der Waals surface area contributed by atoms with E-state index in [0.717, 1.165) is 4.90 Å². The molecule has 1 atom stereocenters. The van der Waals surface area contributed by atoms with Crippen molar-refractivity contribution in [2.75, 3.05) is 7.05 Å². The highest BCUT2D eigenvalue weighted by Gasteiger charge is 2.32. The molecule has 11 heavy (non-hydrogen) atoms. The van der Waals surface area contributed by atoms with E-state index in [9.17, 15) is 9.59 Å². The van der Waals surface area contributed by atoms with Crippen LogP contribution in [0.5, 0.6) is 0 Å². The molecule has 1 saturated heterocycles. The number of nitrogens with two attached hydrogens (primary N) is 1. The molecule has 0 aromatic heterocycles. The summed E-state index contributed by atoms with van der Waals surface area (Å²) in [5.41, 5.74) is 5.25. The number of imide groups is 1. The molecular formula is C7H14N2O2. The fourth-order valence-electron chi connectivity index (χ4n) is 0.784. The van der Waals surface area contributed by atoms with Gasteiger partial charge in [0.25, 0.3) is 0 Å². The fourth-order valence-corrected chi connectivity index (χ4v) is 0.784. The number of nitrogens with zero attached hydrogens (tertiary/aromatic N) is 1. The van der Waals surface area contributed by atoms with E-state index in [4.69, 9.17) is 5.73 Å². The zero-order valence-corrected chi connectivity index (χ0v) is 7.13. The molecule has 0 bridgehead atoms. The Labute approximate surface area is 66.4 Å². The zero-order chi connectivity index (χ0) is 9.02. The summed E-state index contributed by atoms with van der Waals surface area (Å²) in [6.45, 7) is 4.00. The van der Waals surface area contributed by atoms with Crippen LogP contribution in [0.25, 0.3) is 0 Å². The molecule has 4 heteroatoms. The first-order valence-electron chi connectivity index (χ1n) is 3.69. The largest absolute Gasteiger partial charge is 0.319 e. The highest BCUT2D eigenvalue weighted by Crippen LogP contribution is 2.06. The van der Waals surface area contributed by atoms with Crippen LogP contribution in [0.2, 0.25) is 0 Å². The van der Waals surface area contributed by atoms with Crippen molar-refractivity contribution in [3.63, 3.8) is 0 Å². The molecule has 0 aliphatic carbocycles. The molecule has 0 radical (unpaired) electrons. The van der Waals surface area contributed by atoms with E-state index in [1.54, 1.807) is 0 Å². The third kappa shape index (κ3) is 2.01. The monoisotopic (exact) mass is 158 g/mol. The van der Waals surface area contributed by atoms with Crippen molar-refractivity contribution in [1.82, 2.24) is 4.90 Å². The maximum Gasteiger partial charge on any atom is 0.246 e. The van der Waals surface area contributed by atoms with E-state index in [0.29, 0.717) is 0 Å². The zero-order valence-electron chi connectivity index (χ0n) is 7.13. The molecule has 2 amide bonds. The van der Waals surface area contributed by atoms with Gasteiger partial charge in [-0.25, -0.2) is 0 Å². The molecule has 64 valence electrons. The predicted molar refractivity (Wildman–Crippen MR) is 41.7 cm³/mol. The SMILES string of the molecule is CC.CN1C(=O)CC(N)C1=O. The van der Waals surface area contributed by atoms with Crippen molar-refractivity contribution in [2.45, 2.75) is 26.3 Å². The molecule has 1 aliphatic rings. The van der Waals surface area contributed by atoms with E-state index in [2.05, 4.69) is 0 Å². The summed E-state index contributed by atoms with van der Waals surface area (Å²) >= 11 is 0. The molecule has 1 rings (SSSR count). The van der Waals surface area contributed by atoms with Crippen LogP contribution >= 0.6 is 0 Å². The highest BCUT2D eigenvalue weighted by atomic mass is 16.2. The number of carbonyl (C=O) groups is 2. The maximum absolute atomic E-state index is 10.7. The van der Waals surface area contributed by atoms with Crippen LogP contribution in [0.15, 0.2) is 0 Å². The number of hydrogen-bond donors (Lipinski definition) is 1. The molecule has 1 unspecified atom stereocenters. The van der Waals surface area contributed by atoms with Crippen LogP contribution in [0.4, 0.5) is 0 Å². The van der Waals surface area contributed by atoms with Crippen LogP contribution in [-0.4, -0.2) is 29.8 Å². The number of likely N-dealkylation sites (tertiary alicyclic amines) is 1. The van der Waals surface area contributed by atoms with Gasteiger partial charge in [0, 0.05) is 7.05 Å². The topological polar surface area (TPSA) is 63.4 Å². The van der Waals surface area contributed by atoms with Crippen molar-refractivity contribution in [3.05, 3.63) is 0 Å². The first-order valence-corrected chi connectivity index (χ1v) is 3.69. The van der Waals surface area contributed by atoms with Crippen LogP contribution < -0.4 is 5.73 Å². The lowest BCUT2D eigenvalue weighted by Gasteiger charge is -2.03. The van der Waals surface area contributed by atoms with E-state index in [1.165, 1.54) is 7.05 Å². The Bertz CT molecular complexity index is 168. The lowest BCUT2D eigenvalue weighted by molar-refractivity contribution is -0.136. The normalized spacial score (nSPS) is 23.3. The van der Waals surface area contributed by atoms with Crippen molar-refractivity contribution in [2.24, 2.45) is 5.73 Å². The molecule has 1 fully saturated rings. The highest BCUT2D eigenvalue weighted by molar-refractivity contribution is 6.05. The van der Waals surface area contributed by atoms with Gasteiger partial charge in [-0.1, -0.05) is 13.8 Å². The second kappa shape index (κ2) is 4.08. The minimum Gasteiger partial charge on any atom is -0.319 e. The van der Waals surface area contributed by atoms with E-state index < -0.39 is 6.04 Å². The lowest BCUT2D eigenvalue weighted by atomic mass is 10.3.